The highest BCUT2D eigenvalue weighted by Gasteiger charge is 2.53. The molecule has 3 saturated heterocycles. The molecule has 3 fully saturated rings. The number of carbonyl (C=O) groups excluding carboxylic acids is 1. The quantitative estimate of drug-likeness (QED) is 0.0259. The van der Waals surface area contributed by atoms with E-state index in [4.69, 9.17) is 28.4 Å². The SMILES string of the molecule is CCCCCC/C=C/CC/C=C/C(O)C(COC1OC(CO)C(OC2OC(CO)C(OC3OC(CO)C(O)C(O)C3O)C(O)C2O)C(O)C1O)NC(=O)CCCCCCCCCCCC/C=C\C/C=C\C/C=C\CCCCCCC. The van der Waals surface area contributed by atoms with E-state index in [9.17, 15) is 61.0 Å². The normalized spacial score (nSPS) is 30.4. The Morgan fingerprint density at radius 3 is 1.35 bits per heavy atom. The highest BCUT2D eigenvalue weighted by Crippen LogP contribution is 2.33. The highest BCUT2D eigenvalue weighted by atomic mass is 16.8. The van der Waals surface area contributed by atoms with Gasteiger partial charge in [-0.15, -0.1) is 0 Å². The van der Waals surface area contributed by atoms with Crippen LogP contribution in [0.4, 0.5) is 0 Å². The van der Waals surface area contributed by atoms with E-state index in [1.165, 1.54) is 89.9 Å². The maximum Gasteiger partial charge on any atom is 0.220 e. The van der Waals surface area contributed by atoms with Crippen LogP contribution in [0, 0.1) is 0 Å². The molecule has 17 unspecified atom stereocenters. The third kappa shape index (κ3) is 27.5. The molecule has 80 heavy (non-hydrogen) atoms. The summed E-state index contributed by atoms with van der Waals surface area (Å²) in [6.45, 7) is 1.63. The van der Waals surface area contributed by atoms with E-state index in [-0.39, 0.29) is 18.9 Å². The largest absolute Gasteiger partial charge is 0.394 e. The molecule has 3 heterocycles. The van der Waals surface area contributed by atoms with Crippen molar-refractivity contribution < 1.29 is 89.4 Å². The van der Waals surface area contributed by atoms with Crippen LogP contribution < -0.4 is 5.32 Å². The van der Waals surface area contributed by atoms with Gasteiger partial charge in [-0.05, 0) is 70.6 Å². The lowest BCUT2D eigenvalue weighted by molar-refractivity contribution is -0.379. The second-order valence-electron chi connectivity index (χ2n) is 21.8. The van der Waals surface area contributed by atoms with Crippen LogP contribution in [0.1, 0.15) is 187 Å². The minimum atomic E-state index is -1.98. The van der Waals surface area contributed by atoms with E-state index >= 15 is 0 Å². The average Bonchev–Trinajstić information content (AvgIpc) is 3.45. The second kappa shape index (κ2) is 44.0. The van der Waals surface area contributed by atoms with Crippen molar-refractivity contribution >= 4 is 5.91 Å². The Morgan fingerprint density at radius 2 is 0.838 bits per heavy atom. The summed E-state index contributed by atoms with van der Waals surface area (Å²) in [6.07, 6.45) is 23.7. The minimum absolute atomic E-state index is 0.228. The Kier molecular flexibility index (Phi) is 39.5. The Labute approximate surface area is 477 Å². The van der Waals surface area contributed by atoms with Gasteiger partial charge in [0.25, 0.3) is 0 Å². The second-order valence-corrected chi connectivity index (χ2v) is 21.8. The summed E-state index contributed by atoms with van der Waals surface area (Å²) < 4.78 is 34.2. The zero-order chi connectivity index (χ0) is 58.3. The summed E-state index contributed by atoms with van der Waals surface area (Å²) in [7, 11) is 0. The number of nitrogens with one attached hydrogen (secondary N) is 1. The number of rotatable bonds is 44. The number of ether oxygens (including phenoxy) is 6. The molecule has 17 atom stereocenters. The number of hydrogen-bond acceptors (Lipinski definition) is 18. The van der Waals surface area contributed by atoms with Crippen molar-refractivity contribution in [1.29, 1.82) is 0 Å². The molecule has 3 aliphatic rings. The molecule has 1 amide bonds. The summed E-state index contributed by atoms with van der Waals surface area (Å²) >= 11 is 0. The number of allylic oxidation sites excluding steroid dienone is 9. The fourth-order valence-corrected chi connectivity index (χ4v) is 9.98. The molecule has 0 spiro atoms. The summed E-state index contributed by atoms with van der Waals surface area (Å²) in [5.41, 5.74) is 0. The first-order valence-corrected chi connectivity index (χ1v) is 30.5. The van der Waals surface area contributed by atoms with E-state index in [1.807, 2.05) is 6.08 Å². The average molecular weight is 1140 g/mol. The molecule has 3 aliphatic heterocycles. The molecule has 0 saturated carbocycles. The molecule has 0 aromatic rings. The molecule has 0 aromatic carbocycles. The zero-order valence-corrected chi connectivity index (χ0v) is 48.3. The predicted molar refractivity (Wildman–Crippen MR) is 305 cm³/mol. The van der Waals surface area contributed by atoms with Gasteiger partial charge in [0.2, 0.25) is 5.91 Å². The van der Waals surface area contributed by atoms with Gasteiger partial charge < -0.3 is 89.9 Å². The van der Waals surface area contributed by atoms with E-state index in [2.05, 4.69) is 67.8 Å². The number of hydrogen-bond donors (Lipinski definition) is 12. The topological polar surface area (TPSA) is 307 Å². The Bertz CT molecular complexity index is 1700. The van der Waals surface area contributed by atoms with Gasteiger partial charge in [0.05, 0.1) is 38.6 Å². The number of unbranched alkanes of at least 4 members (excludes halogenated alkanes) is 20. The van der Waals surface area contributed by atoms with Crippen LogP contribution >= 0.6 is 0 Å². The number of aliphatic hydroxyl groups is 11. The van der Waals surface area contributed by atoms with Crippen molar-refractivity contribution in [2.24, 2.45) is 0 Å². The van der Waals surface area contributed by atoms with Crippen LogP contribution in [0.15, 0.2) is 60.8 Å². The third-order valence-corrected chi connectivity index (χ3v) is 15.0. The van der Waals surface area contributed by atoms with Crippen molar-refractivity contribution in [3.05, 3.63) is 60.8 Å². The Hall–Kier alpha value is -2.51. The number of aliphatic hydroxyl groups excluding tert-OH is 11. The van der Waals surface area contributed by atoms with E-state index in [1.54, 1.807) is 6.08 Å². The Morgan fingerprint density at radius 1 is 0.450 bits per heavy atom. The molecule has 0 aliphatic carbocycles. The van der Waals surface area contributed by atoms with Crippen LogP contribution in [0.25, 0.3) is 0 Å². The molecule has 3 rings (SSSR count). The Balaban J connectivity index is 1.44. The number of amides is 1. The summed E-state index contributed by atoms with van der Waals surface area (Å²) in [5, 5.41) is 120. The minimum Gasteiger partial charge on any atom is -0.394 e. The third-order valence-electron chi connectivity index (χ3n) is 15.0. The van der Waals surface area contributed by atoms with Crippen molar-refractivity contribution in [2.45, 2.75) is 291 Å². The summed E-state index contributed by atoms with van der Waals surface area (Å²) in [4.78, 5) is 13.3. The molecule has 0 radical (unpaired) electrons. The zero-order valence-electron chi connectivity index (χ0n) is 48.3. The van der Waals surface area contributed by atoms with Gasteiger partial charge in [-0.2, -0.15) is 0 Å². The van der Waals surface area contributed by atoms with Crippen molar-refractivity contribution in [2.75, 3.05) is 26.4 Å². The van der Waals surface area contributed by atoms with Gasteiger partial charge in [0.15, 0.2) is 18.9 Å². The molecule has 0 bridgehead atoms. The highest BCUT2D eigenvalue weighted by molar-refractivity contribution is 5.76. The first-order valence-electron chi connectivity index (χ1n) is 30.5. The lowest BCUT2D eigenvalue weighted by Gasteiger charge is -2.48. The van der Waals surface area contributed by atoms with Crippen molar-refractivity contribution in [1.82, 2.24) is 5.32 Å². The molecule has 464 valence electrons. The van der Waals surface area contributed by atoms with Gasteiger partial charge in [-0.3, -0.25) is 4.79 Å². The van der Waals surface area contributed by atoms with E-state index in [0.29, 0.717) is 12.8 Å². The molecular weight excluding hydrogens is 1030 g/mol. The summed E-state index contributed by atoms with van der Waals surface area (Å²) in [6, 6.07) is -0.992. The predicted octanol–water partition coefficient (Wildman–Crippen LogP) is 5.65. The fourth-order valence-electron chi connectivity index (χ4n) is 9.98. The van der Waals surface area contributed by atoms with E-state index < -0.39 is 124 Å². The first kappa shape index (κ1) is 71.8. The van der Waals surface area contributed by atoms with Crippen LogP contribution in [-0.4, -0.2) is 193 Å². The monoisotopic (exact) mass is 1140 g/mol. The van der Waals surface area contributed by atoms with Crippen LogP contribution in [0.5, 0.6) is 0 Å². The van der Waals surface area contributed by atoms with Gasteiger partial charge in [0.1, 0.15) is 73.2 Å². The standard InChI is InChI=1S/C61H107NO18/c1-3-5-7-9-11-13-15-16-17-18-19-20-21-22-23-24-25-26-27-28-29-31-33-35-37-39-49(67)62-44(45(66)38-36-34-32-30-14-12-10-8-6-4-2)43-75-59-55(73)52(70)57(47(41-64)77-59)80-61-56(74)53(71)58(48(42-65)78-61)79-60-54(72)51(69)50(68)46(40-63)76-60/h14-16,18-19,21-22,30,36,38,44-48,50-61,63-66,68-74H,3-13,17,20,23-29,31-35,37,39-43H2,1-2H3,(H,62,67)/b16-15-,19-18-,22-21-,30-14+,38-36+. The molecule has 19 heteroatoms. The summed E-state index contributed by atoms with van der Waals surface area (Å²) in [5.74, 6) is -0.294. The lowest BCUT2D eigenvalue weighted by Crippen LogP contribution is -2.66. The van der Waals surface area contributed by atoms with Gasteiger partial charge in [-0.1, -0.05) is 171 Å². The molecule has 12 N–H and O–H groups in total. The first-order chi connectivity index (χ1) is 38.8. The van der Waals surface area contributed by atoms with Crippen molar-refractivity contribution in [3.8, 4) is 0 Å². The lowest BCUT2D eigenvalue weighted by atomic mass is 9.96. The van der Waals surface area contributed by atoms with Gasteiger partial charge in [-0.25, -0.2) is 0 Å². The van der Waals surface area contributed by atoms with Crippen LogP contribution in [0.3, 0.4) is 0 Å². The van der Waals surface area contributed by atoms with Crippen LogP contribution in [-0.2, 0) is 33.2 Å². The van der Waals surface area contributed by atoms with E-state index in [0.717, 1.165) is 64.2 Å². The van der Waals surface area contributed by atoms with Gasteiger partial charge in [0, 0.05) is 6.42 Å². The maximum atomic E-state index is 13.3. The molecule has 19 nitrogen and oxygen atoms in total. The smallest absolute Gasteiger partial charge is 0.220 e. The maximum absolute atomic E-state index is 13.3. The number of carbonyl (C=O) groups is 1. The van der Waals surface area contributed by atoms with Gasteiger partial charge >= 0.3 is 0 Å². The van der Waals surface area contributed by atoms with Crippen LogP contribution in [0.2, 0.25) is 0 Å². The van der Waals surface area contributed by atoms with Crippen molar-refractivity contribution in [3.63, 3.8) is 0 Å². The fraction of sp³-hybridized carbons (Fsp3) is 0.820. The molecular formula is C61H107NO18. The molecule has 0 aromatic heterocycles.